The lowest BCUT2D eigenvalue weighted by Gasteiger charge is -2.34. The lowest BCUT2D eigenvalue weighted by molar-refractivity contribution is 0.238. The fourth-order valence-corrected chi connectivity index (χ4v) is 2.23. The van der Waals surface area contributed by atoms with Crippen LogP contribution < -0.4 is 15.0 Å². The number of rotatable bonds is 5. The van der Waals surface area contributed by atoms with Gasteiger partial charge < -0.3 is 20.1 Å². The summed E-state index contributed by atoms with van der Waals surface area (Å²) in [7, 11) is 1.76. The van der Waals surface area contributed by atoms with Crippen molar-refractivity contribution in [3.63, 3.8) is 0 Å². The number of nitrogens with zero attached hydrogens (tertiary/aromatic N) is 4. The highest BCUT2D eigenvalue weighted by Crippen LogP contribution is 2.23. The molecule has 106 valence electrons. The fourth-order valence-electron chi connectivity index (χ4n) is 2.23. The van der Waals surface area contributed by atoms with Gasteiger partial charge in [0.15, 0.2) is 0 Å². The van der Waals surface area contributed by atoms with Crippen LogP contribution in [0.5, 0.6) is 6.01 Å². The molecule has 0 bridgehead atoms. The molecule has 0 spiro atoms. The first-order valence-electron chi connectivity index (χ1n) is 6.72. The van der Waals surface area contributed by atoms with E-state index in [1.807, 2.05) is 11.8 Å². The highest BCUT2D eigenvalue weighted by atomic mass is 16.5. The molecular formula is C12H21N5O2. The highest BCUT2D eigenvalue weighted by molar-refractivity contribution is 5.39. The van der Waals surface area contributed by atoms with Gasteiger partial charge in [0.25, 0.3) is 0 Å². The number of ether oxygens (including phenoxy) is 1. The van der Waals surface area contributed by atoms with Crippen molar-refractivity contribution in [2.45, 2.75) is 32.2 Å². The molecule has 1 saturated heterocycles. The predicted molar refractivity (Wildman–Crippen MR) is 72.6 cm³/mol. The molecule has 1 unspecified atom stereocenters. The average molecular weight is 267 g/mol. The molecule has 2 rings (SSSR count). The van der Waals surface area contributed by atoms with E-state index in [1.54, 1.807) is 7.05 Å². The standard InChI is InChI=1S/C12H21N5O2/c1-3-19-12-15-10(13-2)14-11(16-12)17-7-5-4-6-9(17)8-18/h9,18H,3-8H2,1-2H3,(H,13,14,15,16). The van der Waals surface area contributed by atoms with Crippen LogP contribution in [0.25, 0.3) is 0 Å². The minimum absolute atomic E-state index is 0.0790. The normalized spacial score (nSPS) is 19.3. The van der Waals surface area contributed by atoms with Gasteiger partial charge in [-0.15, -0.1) is 0 Å². The van der Waals surface area contributed by atoms with E-state index in [4.69, 9.17) is 4.74 Å². The van der Waals surface area contributed by atoms with E-state index in [0.29, 0.717) is 24.5 Å². The van der Waals surface area contributed by atoms with Crippen LogP contribution in [0.2, 0.25) is 0 Å². The number of hydrogen-bond donors (Lipinski definition) is 2. The molecule has 0 saturated carbocycles. The number of nitrogens with one attached hydrogen (secondary N) is 1. The van der Waals surface area contributed by atoms with Crippen LogP contribution in [0.3, 0.4) is 0 Å². The Morgan fingerprint density at radius 2 is 2.21 bits per heavy atom. The maximum absolute atomic E-state index is 9.46. The van der Waals surface area contributed by atoms with E-state index < -0.39 is 0 Å². The Morgan fingerprint density at radius 1 is 1.37 bits per heavy atom. The van der Waals surface area contributed by atoms with Crippen LogP contribution in [0.1, 0.15) is 26.2 Å². The molecule has 7 nitrogen and oxygen atoms in total. The predicted octanol–water partition coefficient (Wildman–Crippen LogP) is 0.663. The molecule has 0 aromatic carbocycles. The molecule has 1 aliphatic rings. The van der Waals surface area contributed by atoms with E-state index in [0.717, 1.165) is 25.8 Å². The lowest BCUT2D eigenvalue weighted by atomic mass is 10.0. The van der Waals surface area contributed by atoms with E-state index >= 15 is 0 Å². The van der Waals surface area contributed by atoms with Gasteiger partial charge in [-0.25, -0.2) is 0 Å². The second kappa shape index (κ2) is 6.51. The van der Waals surface area contributed by atoms with Crippen LogP contribution in [0.4, 0.5) is 11.9 Å². The zero-order valence-corrected chi connectivity index (χ0v) is 11.5. The molecular weight excluding hydrogens is 246 g/mol. The van der Waals surface area contributed by atoms with E-state index in [9.17, 15) is 5.11 Å². The van der Waals surface area contributed by atoms with Crippen molar-refractivity contribution in [1.29, 1.82) is 0 Å². The largest absolute Gasteiger partial charge is 0.464 e. The molecule has 1 fully saturated rings. The van der Waals surface area contributed by atoms with Crippen molar-refractivity contribution in [2.24, 2.45) is 0 Å². The van der Waals surface area contributed by atoms with Gasteiger partial charge >= 0.3 is 6.01 Å². The van der Waals surface area contributed by atoms with Crippen LogP contribution in [-0.2, 0) is 0 Å². The molecule has 1 atom stereocenters. The third-order valence-electron chi connectivity index (χ3n) is 3.19. The monoisotopic (exact) mass is 267 g/mol. The Morgan fingerprint density at radius 3 is 2.89 bits per heavy atom. The van der Waals surface area contributed by atoms with Gasteiger partial charge in [-0.2, -0.15) is 15.0 Å². The van der Waals surface area contributed by atoms with Crippen molar-refractivity contribution in [3.05, 3.63) is 0 Å². The minimum atomic E-state index is 0.0790. The topological polar surface area (TPSA) is 83.4 Å². The molecule has 0 radical (unpaired) electrons. The number of hydrogen-bond acceptors (Lipinski definition) is 7. The fraction of sp³-hybridized carbons (Fsp3) is 0.750. The van der Waals surface area contributed by atoms with E-state index in [-0.39, 0.29) is 12.6 Å². The molecule has 19 heavy (non-hydrogen) atoms. The summed E-state index contributed by atoms with van der Waals surface area (Å²) in [5.74, 6) is 1.05. The summed E-state index contributed by atoms with van der Waals surface area (Å²) in [5, 5.41) is 12.4. The number of aromatic nitrogens is 3. The van der Waals surface area contributed by atoms with Gasteiger partial charge in [0.05, 0.1) is 19.3 Å². The molecule has 1 aromatic heterocycles. The number of piperidine rings is 1. The van der Waals surface area contributed by atoms with Crippen molar-refractivity contribution in [1.82, 2.24) is 15.0 Å². The summed E-state index contributed by atoms with van der Waals surface area (Å²) in [5.41, 5.74) is 0. The Bertz CT molecular complexity index is 415. The Hall–Kier alpha value is -1.63. The average Bonchev–Trinajstić information content (AvgIpc) is 2.47. The summed E-state index contributed by atoms with van der Waals surface area (Å²) in [6.45, 7) is 3.37. The maximum atomic E-state index is 9.46. The zero-order valence-electron chi connectivity index (χ0n) is 11.5. The van der Waals surface area contributed by atoms with Crippen LogP contribution in [0, 0.1) is 0 Å². The number of anilines is 2. The summed E-state index contributed by atoms with van der Waals surface area (Å²) >= 11 is 0. The van der Waals surface area contributed by atoms with Gasteiger partial charge in [-0.1, -0.05) is 0 Å². The molecule has 2 heterocycles. The van der Waals surface area contributed by atoms with E-state index in [2.05, 4.69) is 20.3 Å². The first-order valence-corrected chi connectivity index (χ1v) is 6.72. The SMILES string of the molecule is CCOc1nc(NC)nc(N2CCCCC2CO)n1. The second-order valence-corrected chi connectivity index (χ2v) is 4.45. The van der Waals surface area contributed by atoms with Crippen molar-refractivity contribution < 1.29 is 9.84 Å². The van der Waals surface area contributed by atoms with Crippen molar-refractivity contribution >= 4 is 11.9 Å². The molecule has 2 N–H and O–H groups in total. The maximum Gasteiger partial charge on any atom is 0.323 e. The second-order valence-electron chi connectivity index (χ2n) is 4.45. The first kappa shape index (κ1) is 13.8. The van der Waals surface area contributed by atoms with Gasteiger partial charge in [-0.3, -0.25) is 0 Å². The Labute approximate surface area is 113 Å². The van der Waals surface area contributed by atoms with Crippen molar-refractivity contribution in [2.75, 3.05) is 37.0 Å². The van der Waals surface area contributed by atoms with Gasteiger partial charge in [0.1, 0.15) is 0 Å². The summed E-state index contributed by atoms with van der Waals surface area (Å²) in [6, 6.07) is 0.398. The highest BCUT2D eigenvalue weighted by Gasteiger charge is 2.25. The van der Waals surface area contributed by atoms with Gasteiger partial charge in [0, 0.05) is 13.6 Å². The smallest absolute Gasteiger partial charge is 0.323 e. The molecule has 0 aliphatic carbocycles. The molecule has 0 amide bonds. The molecule has 7 heteroatoms. The molecule has 1 aromatic rings. The number of aliphatic hydroxyl groups is 1. The Balaban J connectivity index is 2.28. The summed E-state index contributed by atoms with van der Waals surface area (Å²) < 4.78 is 5.36. The third kappa shape index (κ3) is 3.23. The minimum Gasteiger partial charge on any atom is -0.464 e. The third-order valence-corrected chi connectivity index (χ3v) is 3.19. The molecule has 1 aliphatic heterocycles. The van der Waals surface area contributed by atoms with E-state index in [1.165, 1.54) is 0 Å². The van der Waals surface area contributed by atoms with Gasteiger partial charge in [-0.05, 0) is 26.2 Å². The van der Waals surface area contributed by atoms with Crippen LogP contribution >= 0.6 is 0 Å². The zero-order chi connectivity index (χ0) is 13.7. The quantitative estimate of drug-likeness (QED) is 0.811. The number of aliphatic hydroxyl groups excluding tert-OH is 1. The summed E-state index contributed by atoms with van der Waals surface area (Å²) in [6.07, 6.45) is 3.17. The van der Waals surface area contributed by atoms with Gasteiger partial charge in [0.2, 0.25) is 11.9 Å². The van der Waals surface area contributed by atoms with Crippen molar-refractivity contribution in [3.8, 4) is 6.01 Å². The summed E-state index contributed by atoms with van der Waals surface area (Å²) in [4.78, 5) is 14.9. The van der Waals surface area contributed by atoms with Crippen LogP contribution in [0.15, 0.2) is 0 Å². The first-order chi connectivity index (χ1) is 9.28. The Kier molecular flexibility index (Phi) is 4.73. The van der Waals surface area contributed by atoms with Crippen LogP contribution in [-0.4, -0.2) is 52.9 Å². The lowest BCUT2D eigenvalue weighted by Crippen LogP contribution is -2.43.